The molecule has 1 saturated heterocycles. The van der Waals surface area contributed by atoms with E-state index in [1.54, 1.807) is 4.90 Å². The van der Waals surface area contributed by atoms with Gasteiger partial charge in [-0.05, 0) is 28.4 Å². The van der Waals surface area contributed by atoms with Crippen LogP contribution < -0.4 is 10.2 Å². The second kappa shape index (κ2) is 4.70. The van der Waals surface area contributed by atoms with Crippen molar-refractivity contribution in [1.82, 2.24) is 0 Å². The molecule has 0 bridgehead atoms. The molecule has 1 atom stereocenters. The van der Waals surface area contributed by atoms with Gasteiger partial charge >= 0.3 is 0 Å². The van der Waals surface area contributed by atoms with E-state index in [1.165, 1.54) is 12.1 Å². The standard InChI is InChI=1S/C12H12BrFN2O3S/c13-8-3-10-11(4-9(8)14)16(5-12(17)15-10)7-1-2-20(18,19)6-7/h3-4,7H,1-2,5-6H2,(H,15,17). The maximum absolute atomic E-state index is 13.7. The van der Waals surface area contributed by atoms with Crippen molar-refractivity contribution in [1.29, 1.82) is 0 Å². The number of hydrogen-bond acceptors (Lipinski definition) is 4. The minimum Gasteiger partial charge on any atom is -0.356 e. The van der Waals surface area contributed by atoms with Gasteiger partial charge in [0.25, 0.3) is 0 Å². The number of sulfone groups is 1. The molecule has 20 heavy (non-hydrogen) atoms. The summed E-state index contributed by atoms with van der Waals surface area (Å²) in [6, 6.07) is 2.55. The van der Waals surface area contributed by atoms with Crippen molar-refractivity contribution in [3.05, 3.63) is 22.4 Å². The number of nitrogens with one attached hydrogen (secondary N) is 1. The first-order chi connectivity index (χ1) is 9.35. The van der Waals surface area contributed by atoms with Gasteiger partial charge in [0.05, 0.1) is 33.9 Å². The van der Waals surface area contributed by atoms with Gasteiger partial charge in [0.2, 0.25) is 5.91 Å². The Labute approximate surface area is 124 Å². The fourth-order valence-corrected chi connectivity index (χ4v) is 4.72. The Morgan fingerprint density at radius 1 is 1.40 bits per heavy atom. The van der Waals surface area contributed by atoms with Gasteiger partial charge in [0, 0.05) is 12.1 Å². The summed E-state index contributed by atoms with van der Waals surface area (Å²) >= 11 is 3.08. The predicted octanol–water partition coefficient (Wildman–Crippen LogP) is 1.53. The van der Waals surface area contributed by atoms with E-state index in [2.05, 4.69) is 21.2 Å². The average molecular weight is 363 g/mol. The number of carbonyl (C=O) groups excluding carboxylic acids is 1. The molecule has 1 N–H and O–H groups in total. The molecule has 1 unspecified atom stereocenters. The highest BCUT2D eigenvalue weighted by Crippen LogP contribution is 2.36. The van der Waals surface area contributed by atoms with Crippen LogP contribution in [0.3, 0.4) is 0 Å². The molecule has 2 aliphatic heterocycles. The van der Waals surface area contributed by atoms with Crippen molar-refractivity contribution in [3.8, 4) is 0 Å². The first kappa shape index (κ1) is 13.8. The lowest BCUT2D eigenvalue weighted by molar-refractivity contribution is -0.115. The SMILES string of the molecule is O=C1CN(C2CCS(=O)(=O)C2)c2cc(F)c(Br)cc2N1. The molecule has 0 radical (unpaired) electrons. The third kappa shape index (κ3) is 2.42. The largest absolute Gasteiger partial charge is 0.356 e. The number of amides is 1. The number of anilines is 2. The van der Waals surface area contributed by atoms with Crippen molar-refractivity contribution >= 4 is 43.0 Å². The van der Waals surface area contributed by atoms with Gasteiger partial charge in [-0.25, -0.2) is 12.8 Å². The second-order valence-corrected chi connectivity index (χ2v) is 8.10. The Balaban J connectivity index is 2.02. The Morgan fingerprint density at radius 3 is 2.80 bits per heavy atom. The van der Waals surface area contributed by atoms with E-state index in [-0.39, 0.29) is 34.5 Å². The minimum absolute atomic E-state index is 0.0113. The number of benzene rings is 1. The minimum atomic E-state index is -3.06. The van der Waals surface area contributed by atoms with Crippen LogP contribution in [0.25, 0.3) is 0 Å². The fraction of sp³-hybridized carbons (Fsp3) is 0.417. The molecule has 108 valence electrons. The van der Waals surface area contributed by atoms with E-state index in [1.807, 2.05) is 0 Å². The van der Waals surface area contributed by atoms with Gasteiger partial charge in [-0.2, -0.15) is 0 Å². The average Bonchev–Trinajstić information content (AvgIpc) is 2.71. The molecular formula is C12H12BrFN2O3S. The van der Waals surface area contributed by atoms with Crippen molar-refractivity contribution in [2.45, 2.75) is 12.5 Å². The molecule has 0 saturated carbocycles. The quantitative estimate of drug-likeness (QED) is 0.822. The molecular weight excluding hydrogens is 351 g/mol. The van der Waals surface area contributed by atoms with Crippen LogP contribution in [0.4, 0.5) is 15.8 Å². The number of rotatable bonds is 1. The summed E-state index contributed by atoms with van der Waals surface area (Å²) in [4.78, 5) is 13.4. The molecule has 8 heteroatoms. The van der Waals surface area contributed by atoms with Crippen LogP contribution in [-0.2, 0) is 14.6 Å². The van der Waals surface area contributed by atoms with E-state index in [4.69, 9.17) is 0 Å². The lowest BCUT2D eigenvalue weighted by atomic mass is 10.1. The van der Waals surface area contributed by atoms with E-state index >= 15 is 0 Å². The smallest absolute Gasteiger partial charge is 0.243 e. The lowest BCUT2D eigenvalue weighted by Crippen LogP contribution is -2.45. The molecule has 0 aliphatic carbocycles. The molecule has 0 spiro atoms. The zero-order valence-electron chi connectivity index (χ0n) is 10.4. The van der Waals surface area contributed by atoms with Crippen molar-refractivity contribution in [2.75, 3.05) is 28.3 Å². The molecule has 0 aromatic heterocycles. The van der Waals surface area contributed by atoms with Crippen LogP contribution in [0.15, 0.2) is 16.6 Å². The van der Waals surface area contributed by atoms with Gasteiger partial charge < -0.3 is 10.2 Å². The van der Waals surface area contributed by atoms with Gasteiger partial charge in [-0.15, -0.1) is 0 Å². The van der Waals surface area contributed by atoms with Crippen molar-refractivity contribution < 1.29 is 17.6 Å². The Morgan fingerprint density at radius 2 is 2.15 bits per heavy atom. The summed E-state index contributed by atoms with van der Waals surface area (Å²) in [6.07, 6.45) is 0.465. The Hall–Kier alpha value is -1.15. The lowest BCUT2D eigenvalue weighted by Gasteiger charge is -2.35. The summed E-state index contributed by atoms with van der Waals surface area (Å²) in [6.45, 7) is 0.0499. The zero-order chi connectivity index (χ0) is 14.5. The third-order valence-electron chi connectivity index (χ3n) is 3.59. The third-order valence-corrected chi connectivity index (χ3v) is 5.94. The van der Waals surface area contributed by atoms with Crippen molar-refractivity contribution in [2.24, 2.45) is 0 Å². The summed E-state index contributed by atoms with van der Waals surface area (Å²) in [5.41, 5.74) is 1.03. The zero-order valence-corrected chi connectivity index (χ0v) is 12.8. The molecule has 2 heterocycles. The van der Waals surface area contributed by atoms with Gasteiger partial charge in [-0.3, -0.25) is 4.79 Å². The highest BCUT2D eigenvalue weighted by atomic mass is 79.9. The van der Waals surface area contributed by atoms with Gasteiger partial charge in [0.15, 0.2) is 9.84 Å². The highest BCUT2D eigenvalue weighted by Gasteiger charge is 2.36. The number of carbonyl (C=O) groups is 1. The molecule has 1 amide bonds. The summed E-state index contributed by atoms with van der Waals surface area (Å²) < 4.78 is 37.2. The van der Waals surface area contributed by atoms with Crippen LogP contribution in [0.1, 0.15) is 6.42 Å². The van der Waals surface area contributed by atoms with Crippen LogP contribution in [0.5, 0.6) is 0 Å². The van der Waals surface area contributed by atoms with Crippen molar-refractivity contribution in [3.63, 3.8) is 0 Å². The van der Waals surface area contributed by atoms with Gasteiger partial charge in [0.1, 0.15) is 5.82 Å². The molecule has 5 nitrogen and oxygen atoms in total. The summed E-state index contributed by atoms with van der Waals surface area (Å²) in [5.74, 6) is -0.535. The highest BCUT2D eigenvalue weighted by molar-refractivity contribution is 9.10. The predicted molar refractivity (Wildman–Crippen MR) is 77.1 cm³/mol. The van der Waals surface area contributed by atoms with E-state index in [0.29, 0.717) is 17.8 Å². The second-order valence-electron chi connectivity index (χ2n) is 5.02. The Bertz CT molecular complexity index is 692. The maximum Gasteiger partial charge on any atom is 0.243 e. The van der Waals surface area contributed by atoms with Crippen LogP contribution in [0, 0.1) is 5.82 Å². The van der Waals surface area contributed by atoms with E-state index < -0.39 is 15.7 Å². The van der Waals surface area contributed by atoms with Crippen LogP contribution >= 0.6 is 15.9 Å². The molecule has 1 fully saturated rings. The first-order valence-corrected chi connectivity index (χ1v) is 8.73. The molecule has 3 rings (SSSR count). The molecule has 1 aromatic rings. The number of hydrogen-bond donors (Lipinski definition) is 1. The fourth-order valence-electron chi connectivity index (χ4n) is 2.65. The van der Waals surface area contributed by atoms with Gasteiger partial charge in [-0.1, -0.05) is 0 Å². The number of fused-ring (bicyclic) bond motifs is 1. The number of nitrogens with zero attached hydrogens (tertiary/aromatic N) is 1. The first-order valence-electron chi connectivity index (χ1n) is 6.12. The van der Waals surface area contributed by atoms with E-state index in [9.17, 15) is 17.6 Å². The summed E-state index contributed by atoms with van der Waals surface area (Å²) in [5, 5.41) is 2.68. The number of halogens is 2. The normalized spacial score (nSPS) is 24.4. The molecule has 2 aliphatic rings. The van der Waals surface area contributed by atoms with E-state index in [0.717, 1.165) is 0 Å². The monoisotopic (exact) mass is 362 g/mol. The molecule has 1 aromatic carbocycles. The Kier molecular flexibility index (Phi) is 3.24. The maximum atomic E-state index is 13.7. The van der Waals surface area contributed by atoms with Crippen LogP contribution in [-0.4, -0.2) is 38.4 Å². The summed E-state index contributed by atoms with van der Waals surface area (Å²) in [7, 11) is -3.06. The topological polar surface area (TPSA) is 66.5 Å². The van der Waals surface area contributed by atoms with Crippen LogP contribution in [0.2, 0.25) is 0 Å².